The standard InChI is InChI=1S/C22H17N3O4/c1-2-29-12-9-7-11(8-10-12)15-16-18(13-5-3-4-6-14(13)19(16)26)23-20-17(15)21(27)25-22(28)24-20/h3-10,15H,2H2,1H3,(H3,23,24,25,27,28)/t15-/m1/s1. The van der Waals surface area contributed by atoms with Crippen molar-refractivity contribution >= 4 is 17.3 Å². The second-order valence-electron chi connectivity index (χ2n) is 6.92. The molecule has 7 nitrogen and oxygen atoms in total. The van der Waals surface area contributed by atoms with Crippen LogP contribution in [0, 0.1) is 0 Å². The van der Waals surface area contributed by atoms with E-state index < -0.39 is 17.2 Å². The van der Waals surface area contributed by atoms with Gasteiger partial charge in [-0.2, -0.15) is 0 Å². The van der Waals surface area contributed by atoms with Crippen LogP contribution in [-0.4, -0.2) is 22.4 Å². The SMILES string of the molecule is CCOc1ccc([C@@H]2C3=C(Nc4[nH]c(=O)[nH]c(=O)c42)c2ccccc2C3=O)cc1. The summed E-state index contributed by atoms with van der Waals surface area (Å²) in [5.41, 5.74) is 2.41. The van der Waals surface area contributed by atoms with Crippen molar-refractivity contribution in [2.24, 2.45) is 0 Å². The molecule has 0 saturated heterocycles. The van der Waals surface area contributed by atoms with Gasteiger partial charge in [-0.1, -0.05) is 36.4 Å². The molecule has 2 aromatic carbocycles. The van der Waals surface area contributed by atoms with Gasteiger partial charge in [-0.05, 0) is 24.6 Å². The summed E-state index contributed by atoms with van der Waals surface area (Å²) in [6, 6.07) is 14.6. The molecular weight excluding hydrogens is 370 g/mol. The Kier molecular flexibility index (Phi) is 3.77. The summed E-state index contributed by atoms with van der Waals surface area (Å²) in [6.07, 6.45) is 0. The van der Waals surface area contributed by atoms with Crippen molar-refractivity contribution in [1.29, 1.82) is 0 Å². The molecule has 1 aromatic heterocycles. The van der Waals surface area contributed by atoms with Gasteiger partial charge in [0.05, 0.1) is 17.9 Å². The highest BCUT2D eigenvalue weighted by molar-refractivity contribution is 6.23. The lowest BCUT2D eigenvalue weighted by molar-refractivity contribution is 0.103. The average molecular weight is 387 g/mol. The number of carbonyl (C=O) groups excluding carboxylic acids is 1. The first-order valence-electron chi connectivity index (χ1n) is 9.33. The fraction of sp³-hybridized carbons (Fsp3) is 0.136. The number of aromatic amines is 2. The molecule has 1 aliphatic carbocycles. The fourth-order valence-corrected chi connectivity index (χ4v) is 4.11. The van der Waals surface area contributed by atoms with E-state index in [0.29, 0.717) is 40.6 Å². The lowest BCUT2D eigenvalue weighted by atomic mass is 9.81. The third-order valence-corrected chi connectivity index (χ3v) is 5.29. The molecule has 2 heterocycles. The predicted molar refractivity (Wildman–Crippen MR) is 108 cm³/mol. The van der Waals surface area contributed by atoms with E-state index in [-0.39, 0.29) is 5.78 Å². The lowest BCUT2D eigenvalue weighted by Crippen LogP contribution is -2.33. The maximum absolute atomic E-state index is 13.3. The van der Waals surface area contributed by atoms with Gasteiger partial charge in [0.1, 0.15) is 11.6 Å². The zero-order chi connectivity index (χ0) is 20.1. The van der Waals surface area contributed by atoms with Gasteiger partial charge >= 0.3 is 5.69 Å². The normalized spacial score (nSPS) is 16.7. The third-order valence-electron chi connectivity index (χ3n) is 5.29. The molecule has 7 heteroatoms. The Morgan fingerprint density at radius 3 is 2.38 bits per heavy atom. The number of fused-ring (bicyclic) bond motifs is 3. The molecule has 1 atom stereocenters. The number of anilines is 1. The maximum atomic E-state index is 13.3. The van der Waals surface area contributed by atoms with Gasteiger partial charge in [0.25, 0.3) is 5.56 Å². The predicted octanol–water partition coefficient (Wildman–Crippen LogP) is 2.63. The molecule has 29 heavy (non-hydrogen) atoms. The number of benzene rings is 2. The average Bonchev–Trinajstić information content (AvgIpc) is 3.00. The van der Waals surface area contributed by atoms with E-state index >= 15 is 0 Å². The molecule has 0 saturated carbocycles. The summed E-state index contributed by atoms with van der Waals surface area (Å²) in [6.45, 7) is 2.44. The van der Waals surface area contributed by atoms with Gasteiger partial charge in [0.2, 0.25) is 0 Å². The van der Waals surface area contributed by atoms with Crippen molar-refractivity contribution < 1.29 is 9.53 Å². The van der Waals surface area contributed by atoms with Crippen molar-refractivity contribution in [3.63, 3.8) is 0 Å². The number of allylic oxidation sites excluding steroid dienone is 1. The molecule has 3 aromatic rings. The Balaban J connectivity index is 1.76. The maximum Gasteiger partial charge on any atom is 0.327 e. The summed E-state index contributed by atoms with van der Waals surface area (Å²) in [5.74, 6) is 0.271. The first-order chi connectivity index (χ1) is 14.1. The van der Waals surface area contributed by atoms with Crippen LogP contribution in [0.4, 0.5) is 5.82 Å². The largest absolute Gasteiger partial charge is 0.494 e. The zero-order valence-corrected chi connectivity index (χ0v) is 15.5. The van der Waals surface area contributed by atoms with E-state index in [0.717, 1.165) is 11.1 Å². The Morgan fingerprint density at radius 2 is 1.66 bits per heavy atom. The number of aromatic nitrogens is 2. The van der Waals surface area contributed by atoms with Gasteiger partial charge in [0, 0.05) is 22.6 Å². The Hall–Kier alpha value is -3.87. The van der Waals surface area contributed by atoms with Crippen LogP contribution in [0.2, 0.25) is 0 Å². The molecule has 0 spiro atoms. The summed E-state index contributed by atoms with van der Waals surface area (Å²) in [4.78, 5) is 42.8. The number of ether oxygens (including phenoxy) is 1. The highest BCUT2D eigenvalue weighted by Gasteiger charge is 2.41. The van der Waals surface area contributed by atoms with Crippen LogP contribution in [-0.2, 0) is 0 Å². The highest BCUT2D eigenvalue weighted by atomic mass is 16.5. The minimum Gasteiger partial charge on any atom is -0.494 e. The zero-order valence-electron chi connectivity index (χ0n) is 15.5. The lowest BCUT2D eigenvalue weighted by Gasteiger charge is -2.27. The van der Waals surface area contributed by atoms with Crippen molar-refractivity contribution in [2.45, 2.75) is 12.8 Å². The molecule has 0 bridgehead atoms. The quantitative estimate of drug-likeness (QED) is 0.641. The molecule has 5 rings (SSSR count). The van der Waals surface area contributed by atoms with E-state index in [4.69, 9.17) is 4.74 Å². The van der Waals surface area contributed by atoms with E-state index in [9.17, 15) is 14.4 Å². The van der Waals surface area contributed by atoms with Crippen LogP contribution in [0.3, 0.4) is 0 Å². The molecular formula is C22H17N3O4. The summed E-state index contributed by atoms with van der Waals surface area (Å²) in [5, 5.41) is 3.12. The second kappa shape index (κ2) is 6.34. The molecule has 2 aliphatic rings. The minimum atomic E-state index is -0.613. The first-order valence-corrected chi connectivity index (χ1v) is 9.33. The van der Waals surface area contributed by atoms with Crippen LogP contribution in [0.5, 0.6) is 5.75 Å². The van der Waals surface area contributed by atoms with E-state index in [1.54, 1.807) is 6.07 Å². The highest BCUT2D eigenvalue weighted by Crippen LogP contribution is 2.47. The number of Topliss-reactive ketones (excluding diaryl/α,β-unsaturated/α-hetero) is 1. The molecule has 144 valence electrons. The topological polar surface area (TPSA) is 104 Å². The molecule has 0 amide bonds. The van der Waals surface area contributed by atoms with E-state index in [1.807, 2.05) is 49.4 Å². The Morgan fingerprint density at radius 1 is 0.931 bits per heavy atom. The van der Waals surface area contributed by atoms with Gasteiger partial charge in [-0.25, -0.2) is 4.79 Å². The van der Waals surface area contributed by atoms with E-state index in [2.05, 4.69) is 15.3 Å². The first kappa shape index (κ1) is 17.2. The summed E-state index contributed by atoms with van der Waals surface area (Å²) >= 11 is 0. The molecule has 3 N–H and O–H groups in total. The number of ketones is 1. The van der Waals surface area contributed by atoms with Crippen LogP contribution >= 0.6 is 0 Å². The fourth-order valence-electron chi connectivity index (χ4n) is 4.11. The van der Waals surface area contributed by atoms with Gasteiger partial charge in [-0.15, -0.1) is 0 Å². The Labute approximate surface area is 165 Å². The number of nitrogens with one attached hydrogen (secondary N) is 3. The number of hydrogen-bond donors (Lipinski definition) is 3. The Bertz CT molecular complexity index is 1300. The molecule has 1 aliphatic heterocycles. The van der Waals surface area contributed by atoms with Crippen molar-refractivity contribution in [2.75, 3.05) is 11.9 Å². The smallest absolute Gasteiger partial charge is 0.327 e. The monoisotopic (exact) mass is 387 g/mol. The van der Waals surface area contributed by atoms with Crippen molar-refractivity contribution in [3.8, 4) is 5.75 Å². The van der Waals surface area contributed by atoms with Crippen molar-refractivity contribution in [3.05, 3.63) is 97.2 Å². The minimum absolute atomic E-state index is 0.127. The van der Waals surface area contributed by atoms with Crippen molar-refractivity contribution in [1.82, 2.24) is 9.97 Å². The number of rotatable bonds is 3. The summed E-state index contributed by atoms with van der Waals surface area (Å²) < 4.78 is 5.51. The van der Waals surface area contributed by atoms with E-state index in [1.165, 1.54) is 0 Å². The summed E-state index contributed by atoms with van der Waals surface area (Å²) in [7, 11) is 0. The second-order valence-corrected chi connectivity index (χ2v) is 6.92. The van der Waals surface area contributed by atoms with Crippen LogP contribution in [0.25, 0.3) is 5.70 Å². The van der Waals surface area contributed by atoms with Crippen LogP contribution in [0.15, 0.2) is 63.7 Å². The number of H-pyrrole nitrogens is 2. The van der Waals surface area contributed by atoms with Gasteiger partial charge < -0.3 is 10.1 Å². The number of carbonyl (C=O) groups is 1. The number of hydrogen-bond acceptors (Lipinski definition) is 5. The van der Waals surface area contributed by atoms with Gasteiger partial charge in [-0.3, -0.25) is 19.6 Å². The molecule has 0 fully saturated rings. The third kappa shape index (κ3) is 2.55. The molecule has 0 unspecified atom stereocenters. The van der Waals surface area contributed by atoms with Gasteiger partial charge in [0.15, 0.2) is 5.78 Å². The van der Waals surface area contributed by atoms with Crippen LogP contribution < -0.4 is 21.3 Å². The van der Waals surface area contributed by atoms with Crippen LogP contribution in [0.1, 0.15) is 39.9 Å². The molecule has 0 radical (unpaired) electrons.